The quantitative estimate of drug-likeness (QED) is 0.902. The lowest BCUT2D eigenvalue weighted by atomic mass is 9.86. The Morgan fingerprint density at radius 3 is 2.71 bits per heavy atom. The SMILES string of the molecule is C[C@@H](NCC1(N2CCCCC2)CCOCC1)c1cccs1. The van der Waals surface area contributed by atoms with Crippen LogP contribution in [-0.2, 0) is 4.74 Å². The third kappa shape index (κ3) is 3.67. The second kappa shape index (κ2) is 7.23. The molecule has 3 heterocycles. The zero-order valence-corrected chi connectivity index (χ0v) is 14.0. The number of nitrogens with one attached hydrogen (secondary N) is 1. The number of thiophene rings is 1. The van der Waals surface area contributed by atoms with E-state index in [9.17, 15) is 0 Å². The Morgan fingerprint density at radius 2 is 2.05 bits per heavy atom. The second-order valence-corrected chi connectivity index (χ2v) is 7.48. The van der Waals surface area contributed by atoms with Gasteiger partial charge in [-0.2, -0.15) is 0 Å². The van der Waals surface area contributed by atoms with Crippen LogP contribution in [0.25, 0.3) is 0 Å². The molecule has 0 bridgehead atoms. The summed E-state index contributed by atoms with van der Waals surface area (Å²) >= 11 is 1.85. The number of piperidine rings is 1. The third-order valence-corrected chi connectivity index (χ3v) is 6.21. The van der Waals surface area contributed by atoms with Gasteiger partial charge in [-0.1, -0.05) is 12.5 Å². The van der Waals surface area contributed by atoms with Crippen LogP contribution in [0.3, 0.4) is 0 Å². The summed E-state index contributed by atoms with van der Waals surface area (Å²) in [6.07, 6.45) is 6.49. The molecule has 4 heteroatoms. The first-order valence-electron chi connectivity index (χ1n) is 8.40. The first-order valence-corrected chi connectivity index (χ1v) is 9.28. The minimum absolute atomic E-state index is 0.324. The van der Waals surface area contributed by atoms with Gasteiger partial charge in [0.05, 0.1) is 0 Å². The molecule has 118 valence electrons. The van der Waals surface area contributed by atoms with Gasteiger partial charge < -0.3 is 10.1 Å². The minimum Gasteiger partial charge on any atom is -0.381 e. The van der Waals surface area contributed by atoms with Crippen LogP contribution >= 0.6 is 11.3 Å². The summed E-state index contributed by atoms with van der Waals surface area (Å²) in [6, 6.07) is 4.84. The van der Waals surface area contributed by atoms with Crippen LogP contribution in [0.2, 0.25) is 0 Å². The standard InChI is InChI=1S/C17H28N2OS/c1-15(16-6-5-13-21-16)18-14-17(7-11-20-12-8-17)19-9-3-2-4-10-19/h5-6,13,15,18H,2-4,7-12,14H2,1H3/t15-/m1/s1. The topological polar surface area (TPSA) is 24.5 Å². The molecule has 2 aliphatic heterocycles. The van der Waals surface area contributed by atoms with Crippen LogP contribution in [0.1, 0.15) is 49.9 Å². The van der Waals surface area contributed by atoms with E-state index in [1.807, 2.05) is 11.3 Å². The van der Waals surface area contributed by atoms with Gasteiger partial charge in [0.15, 0.2) is 0 Å². The zero-order chi connectivity index (χ0) is 14.5. The predicted molar refractivity (Wildman–Crippen MR) is 88.9 cm³/mol. The molecule has 0 saturated carbocycles. The Bertz CT molecular complexity index is 408. The predicted octanol–water partition coefficient (Wildman–Crippen LogP) is 3.43. The molecule has 0 unspecified atom stereocenters. The first kappa shape index (κ1) is 15.5. The van der Waals surface area contributed by atoms with Crippen LogP contribution in [-0.4, -0.2) is 43.3 Å². The van der Waals surface area contributed by atoms with Crippen molar-refractivity contribution in [2.24, 2.45) is 0 Å². The lowest BCUT2D eigenvalue weighted by Crippen LogP contribution is -2.59. The summed E-state index contributed by atoms with van der Waals surface area (Å²) in [5.41, 5.74) is 0.324. The highest BCUT2D eigenvalue weighted by molar-refractivity contribution is 7.10. The number of likely N-dealkylation sites (tertiary alicyclic amines) is 1. The maximum absolute atomic E-state index is 5.64. The van der Waals surface area contributed by atoms with Crippen LogP contribution in [0, 0.1) is 0 Å². The summed E-state index contributed by atoms with van der Waals surface area (Å²) in [5, 5.41) is 5.98. The van der Waals surface area contributed by atoms with E-state index >= 15 is 0 Å². The van der Waals surface area contributed by atoms with E-state index in [1.54, 1.807) is 0 Å². The molecule has 1 aromatic heterocycles. The fourth-order valence-corrected chi connectivity index (χ4v) is 4.46. The molecule has 1 aromatic rings. The van der Waals surface area contributed by atoms with E-state index in [2.05, 4.69) is 34.7 Å². The van der Waals surface area contributed by atoms with E-state index < -0.39 is 0 Å². The summed E-state index contributed by atoms with van der Waals surface area (Å²) in [4.78, 5) is 4.20. The largest absolute Gasteiger partial charge is 0.381 e. The summed E-state index contributed by atoms with van der Waals surface area (Å²) < 4.78 is 5.64. The van der Waals surface area contributed by atoms with Crippen molar-refractivity contribution in [2.45, 2.75) is 50.6 Å². The number of rotatable bonds is 5. The molecule has 0 aromatic carbocycles. The van der Waals surface area contributed by atoms with E-state index in [4.69, 9.17) is 4.74 Å². The molecular weight excluding hydrogens is 280 g/mol. The summed E-state index contributed by atoms with van der Waals surface area (Å²) in [6.45, 7) is 7.77. The Morgan fingerprint density at radius 1 is 1.29 bits per heavy atom. The van der Waals surface area contributed by atoms with E-state index in [1.165, 1.54) is 50.1 Å². The van der Waals surface area contributed by atoms with Gasteiger partial charge in [0.25, 0.3) is 0 Å². The van der Waals surface area contributed by atoms with Gasteiger partial charge in [-0.25, -0.2) is 0 Å². The van der Waals surface area contributed by atoms with Crippen molar-refractivity contribution >= 4 is 11.3 Å². The maximum Gasteiger partial charge on any atom is 0.0484 e. The molecule has 1 N–H and O–H groups in total. The lowest BCUT2D eigenvalue weighted by molar-refractivity contribution is -0.0366. The zero-order valence-electron chi connectivity index (χ0n) is 13.1. The van der Waals surface area contributed by atoms with Crippen molar-refractivity contribution in [2.75, 3.05) is 32.8 Å². The van der Waals surface area contributed by atoms with Crippen LogP contribution in [0.15, 0.2) is 17.5 Å². The number of nitrogens with zero attached hydrogens (tertiary/aromatic N) is 1. The van der Waals surface area contributed by atoms with Crippen molar-refractivity contribution in [3.05, 3.63) is 22.4 Å². The second-order valence-electron chi connectivity index (χ2n) is 6.50. The number of hydrogen-bond acceptors (Lipinski definition) is 4. The Balaban J connectivity index is 1.64. The van der Waals surface area contributed by atoms with Crippen LogP contribution in [0.4, 0.5) is 0 Å². The maximum atomic E-state index is 5.64. The van der Waals surface area contributed by atoms with Crippen molar-refractivity contribution in [3.8, 4) is 0 Å². The van der Waals surface area contributed by atoms with E-state index in [0.717, 1.165) is 19.8 Å². The Kier molecular flexibility index (Phi) is 5.33. The summed E-state index contributed by atoms with van der Waals surface area (Å²) in [7, 11) is 0. The molecular formula is C17H28N2OS. The number of ether oxygens (including phenoxy) is 1. The average Bonchev–Trinajstić information content (AvgIpc) is 3.09. The molecule has 21 heavy (non-hydrogen) atoms. The molecule has 2 saturated heterocycles. The van der Waals surface area contributed by atoms with Gasteiger partial charge in [-0.3, -0.25) is 4.90 Å². The third-order valence-electron chi connectivity index (χ3n) is 5.16. The highest BCUT2D eigenvalue weighted by atomic mass is 32.1. The monoisotopic (exact) mass is 308 g/mol. The minimum atomic E-state index is 0.324. The molecule has 3 rings (SSSR count). The van der Waals surface area contributed by atoms with Crippen molar-refractivity contribution in [1.29, 1.82) is 0 Å². The highest BCUT2D eigenvalue weighted by Crippen LogP contribution is 2.31. The van der Waals surface area contributed by atoms with Gasteiger partial charge >= 0.3 is 0 Å². The normalized spacial score (nSPS) is 24.8. The van der Waals surface area contributed by atoms with Crippen LogP contribution < -0.4 is 5.32 Å². The molecule has 2 fully saturated rings. The smallest absolute Gasteiger partial charge is 0.0484 e. The average molecular weight is 308 g/mol. The molecule has 0 aliphatic carbocycles. The number of hydrogen-bond donors (Lipinski definition) is 1. The Hall–Kier alpha value is -0.420. The molecule has 0 spiro atoms. The fourth-order valence-electron chi connectivity index (χ4n) is 3.71. The van der Waals surface area contributed by atoms with Crippen molar-refractivity contribution in [1.82, 2.24) is 10.2 Å². The fraction of sp³-hybridized carbons (Fsp3) is 0.765. The highest BCUT2D eigenvalue weighted by Gasteiger charge is 2.38. The molecule has 0 radical (unpaired) electrons. The molecule has 1 atom stereocenters. The van der Waals surface area contributed by atoms with Crippen molar-refractivity contribution in [3.63, 3.8) is 0 Å². The molecule has 2 aliphatic rings. The molecule has 0 amide bonds. The summed E-state index contributed by atoms with van der Waals surface area (Å²) in [5.74, 6) is 0. The van der Waals surface area contributed by atoms with Gasteiger partial charge in [-0.05, 0) is 57.1 Å². The first-order chi connectivity index (χ1) is 10.3. The Labute approximate surface area is 132 Å². The van der Waals surface area contributed by atoms with Gasteiger partial charge in [-0.15, -0.1) is 11.3 Å². The lowest BCUT2D eigenvalue weighted by Gasteiger charge is -2.48. The van der Waals surface area contributed by atoms with Gasteiger partial charge in [0.1, 0.15) is 0 Å². The van der Waals surface area contributed by atoms with Crippen LogP contribution in [0.5, 0.6) is 0 Å². The van der Waals surface area contributed by atoms with Gasteiger partial charge in [0, 0.05) is 36.2 Å². The molecule has 3 nitrogen and oxygen atoms in total. The van der Waals surface area contributed by atoms with Gasteiger partial charge in [0.2, 0.25) is 0 Å². The van der Waals surface area contributed by atoms with E-state index in [-0.39, 0.29) is 0 Å². The van der Waals surface area contributed by atoms with Crippen molar-refractivity contribution < 1.29 is 4.74 Å². The van der Waals surface area contributed by atoms with E-state index in [0.29, 0.717) is 11.6 Å².